The number of carbonyl (C=O) groups is 1. The van der Waals surface area contributed by atoms with Gasteiger partial charge in [0.25, 0.3) is 0 Å². The molecule has 0 amide bonds. The van der Waals surface area contributed by atoms with E-state index in [2.05, 4.69) is 10.3 Å². The topological polar surface area (TPSA) is 84.6 Å². The fraction of sp³-hybridized carbons (Fsp3) is 0.290. The van der Waals surface area contributed by atoms with Crippen molar-refractivity contribution in [2.24, 2.45) is 0 Å². The molecule has 2 unspecified atom stereocenters. The van der Waals surface area contributed by atoms with Crippen LogP contribution in [0.4, 0.5) is 17.6 Å². The van der Waals surface area contributed by atoms with Crippen molar-refractivity contribution in [1.29, 1.82) is 0 Å². The third-order valence-corrected chi connectivity index (χ3v) is 6.82. The number of carboxylic acids is 1. The highest BCUT2D eigenvalue weighted by Crippen LogP contribution is 2.31. The lowest BCUT2D eigenvalue weighted by Gasteiger charge is -2.24. The van der Waals surface area contributed by atoms with Gasteiger partial charge in [0.05, 0.1) is 17.9 Å². The van der Waals surface area contributed by atoms with Gasteiger partial charge in [0.2, 0.25) is 5.89 Å². The van der Waals surface area contributed by atoms with Crippen LogP contribution in [0.15, 0.2) is 77.2 Å². The first kappa shape index (κ1) is 29.8. The van der Waals surface area contributed by atoms with Crippen LogP contribution in [0.25, 0.3) is 11.5 Å². The number of aryl methyl sites for hydroxylation is 1. The minimum absolute atomic E-state index is 0.238. The van der Waals surface area contributed by atoms with Crippen molar-refractivity contribution in [2.75, 3.05) is 6.61 Å². The largest absolute Gasteiger partial charge is 0.493 e. The molecule has 10 heteroatoms. The van der Waals surface area contributed by atoms with Crippen molar-refractivity contribution in [2.45, 2.75) is 51.4 Å². The van der Waals surface area contributed by atoms with Crippen molar-refractivity contribution in [1.82, 2.24) is 10.3 Å². The molecule has 6 nitrogen and oxygen atoms in total. The van der Waals surface area contributed by atoms with Crippen LogP contribution in [0.3, 0.4) is 0 Å². The smallest absolute Gasteiger partial charge is 0.416 e. The zero-order valence-electron chi connectivity index (χ0n) is 22.5. The summed E-state index contributed by atoms with van der Waals surface area (Å²) in [6.07, 6.45) is -3.41. The van der Waals surface area contributed by atoms with Gasteiger partial charge in [-0.2, -0.15) is 13.2 Å². The molecule has 0 radical (unpaired) electrons. The fourth-order valence-electron chi connectivity index (χ4n) is 4.56. The zero-order chi connectivity index (χ0) is 29.6. The van der Waals surface area contributed by atoms with E-state index in [9.17, 15) is 27.5 Å². The van der Waals surface area contributed by atoms with Gasteiger partial charge >= 0.3 is 12.1 Å². The Bertz CT molecular complexity index is 1430. The van der Waals surface area contributed by atoms with Crippen molar-refractivity contribution >= 4 is 5.97 Å². The highest BCUT2D eigenvalue weighted by atomic mass is 19.4. The molecule has 4 aromatic rings. The molecule has 0 aliphatic rings. The quantitative estimate of drug-likeness (QED) is 0.176. The average molecular weight is 571 g/mol. The maximum Gasteiger partial charge on any atom is 0.416 e. The number of hydrogen-bond donors (Lipinski definition) is 2. The molecule has 0 saturated carbocycles. The van der Waals surface area contributed by atoms with E-state index in [1.54, 1.807) is 31.2 Å². The summed E-state index contributed by atoms with van der Waals surface area (Å²) in [6.45, 7) is 4.23. The number of nitrogens with zero attached hydrogens (tertiary/aromatic N) is 1. The second kappa shape index (κ2) is 13.0. The van der Waals surface area contributed by atoms with Crippen LogP contribution in [0.2, 0.25) is 0 Å². The fourth-order valence-corrected chi connectivity index (χ4v) is 4.56. The third-order valence-electron chi connectivity index (χ3n) is 6.82. The second-order valence-electron chi connectivity index (χ2n) is 9.60. The number of halogens is 4. The summed E-state index contributed by atoms with van der Waals surface area (Å²) < 4.78 is 63.2. The van der Waals surface area contributed by atoms with E-state index in [0.29, 0.717) is 35.6 Å². The first-order valence-electron chi connectivity index (χ1n) is 13.1. The Labute approximate surface area is 235 Å². The Balaban J connectivity index is 1.34. The van der Waals surface area contributed by atoms with Crippen LogP contribution >= 0.6 is 0 Å². The SMILES string of the molecule is CCC(c1ccc(OCCc2nc(-c3ccc(C(F)(F)F)cc3)oc2C)cc1)C(NCc1ccc(F)cc1)C(=O)O. The summed E-state index contributed by atoms with van der Waals surface area (Å²) in [7, 11) is 0. The molecule has 216 valence electrons. The summed E-state index contributed by atoms with van der Waals surface area (Å²) >= 11 is 0. The molecule has 41 heavy (non-hydrogen) atoms. The van der Waals surface area contributed by atoms with Crippen molar-refractivity contribution in [3.63, 3.8) is 0 Å². The predicted molar refractivity (Wildman–Crippen MR) is 145 cm³/mol. The molecule has 0 spiro atoms. The molecule has 2 N–H and O–H groups in total. The van der Waals surface area contributed by atoms with Gasteiger partial charge in [-0.15, -0.1) is 0 Å². The molecule has 0 fully saturated rings. The molecular formula is C31H30F4N2O4. The molecule has 0 aliphatic heterocycles. The van der Waals surface area contributed by atoms with Crippen LogP contribution in [0, 0.1) is 12.7 Å². The Kier molecular flexibility index (Phi) is 9.44. The first-order valence-corrected chi connectivity index (χ1v) is 13.1. The lowest BCUT2D eigenvalue weighted by atomic mass is 9.89. The molecule has 3 aromatic carbocycles. The van der Waals surface area contributed by atoms with Crippen LogP contribution in [0.5, 0.6) is 5.75 Å². The number of aliphatic carboxylic acids is 1. The van der Waals surface area contributed by atoms with Gasteiger partial charge in [-0.25, -0.2) is 9.37 Å². The minimum atomic E-state index is -4.41. The second-order valence-corrected chi connectivity index (χ2v) is 9.60. The van der Waals surface area contributed by atoms with Gasteiger partial charge in [0.1, 0.15) is 23.4 Å². The number of alkyl halides is 3. The average Bonchev–Trinajstić information content (AvgIpc) is 3.32. The molecule has 1 heterocycles. The van der Waals surface area contributed by atoms with E-state index in [1.807, 2.05) is 19.1 Å². The van der Waals surface area contributed by atoms with E-state index in [-0.39, 0.29) is 30.8 Å². The summed E-state index contributed by atoms with van der Waals surface area (Å²) in [5.74, 6) is -0.240. The molecule has 2 atom stereocenters. The molecule has 0 aliphatic carbocycles. The lowest BCUT2D eigenvalue weighted by molar-refractivity contribution is -0.140. The number of aromatic nitrogens is 1. The normalized spacial score (nSPS) is 13.1. The van der Waals surface area contributed by atoms with E-state index in [0.717, 1.165) is 23.3 Å². The van der Waals surface area contributed by atoms with Gasteiger partial charge in [-0.1, -0.05) is 31.2 Å². The van der Waals surface area contributed by atoms with Crippen LogP contribution in [-0.4, -0.2) is 28.7 Å². The highest BCUT2D eigenvalue weighted by Gasteiger charge is 2.30. The van der Waals surface area contributed by atoms with Crippen molar-refractivity contribution in [3.8, 4) is 17.2 Å². The van der Waals surface area contributed by atoms with Crippen LogP contribution in [0.1, 0.15) is 47.4 Å². The Morgan fingerprint density at radius 1 is 1.02 bits per heavy atom. The van der Waals surface area contributed by atoms with Crippen LogP contribution < -0.4 is 10.1 Å². The molecule has 0 bridgehead atoms. The number of rotatable bonds is 12. The van der Waals surface area contributed by atoms with Gasteiger partial charge in [-0.3, -0.25) is 10.1 Å². The Morgan fingerprint density at radius 2 is 1.68 bits per heavy atom. The molecular weight excluding hydrogens is 540 g/mol. The highest BCUT2D eigenvalue weighted by molar-refractivity contribution is 5.75. The monoisotopic (exact) mass is 570 g/mol. The van der Waals surface area contributed by atoms with Gasteiger partial charge < -0.3 is 14.3 Å². The van der Waals surface area contributed by atoms with Crippen molar-refractivity contribution < 1.29 is 36.6 Å². The Morgan fingerprint density at radius 3 is 2.27 bits per heavy atom. The summed E-state index contributed by atoms with van der Waals surface area (Å²) in [4.78, 5) is 16.5. The Hall–Kier alpha value is -4.18. The van der Waals surface area contributed by atoms with E-state index in [4.69, 9.17) is 9.15 Å². The van der Waals surface area contributed by atoms with Crippen LogP contribution in [-0.2, 0) is 23.9 Å². The summed E-state index contributed by atoms with van der Waals surface area (Å²) in [5.41, 5.74) is 1.96. The number of carboxylic acid groups (broad SMARTS) is 1. The van der Waals surface area contributed by atoms with E-state index in [1.165, 1.54) is 24.3 Å². The zero-order valence-corrected chi connectivity index (χ0v) is 22.5. The standard InChI is InChI=1S/C31H30F4N2O4/c1-3-26(28(30(38)39)36-18-20-4-12-24(32)13-5-20)21-8-14-25(15-9-21)40-17-16-27-19(2)41-29(37-27)22-6-10-23(11-7-22)31(33,34)35/h4-15,26,28,36H,3,16-18H2,1-2H3,(H,38,39). The number of benzene rings is 3. The maximum absolute atomic E-state index is 13.2. The summed E-state index contributed by atoms with van der Waals surface area (Å²) in [5, 5.41) is 13.0. The number of hydrogen-bond acceptors (Lipinski definition) is 5. The first-order chi connectivity index (χ1) is 19.5. The number of ether oxygens (including phenoxy) is 1. The van der Waals surface area contributed by atoms with Gasteiger partial charge in [0, 0.05) is 24.4 Å². The van der Waals surface area contributed by atoms with E-state index >= 15 is 0 Å². The maximum atomic E-state index is 13.2. The minimum Gasteiger partial charge on any atom is -0.493 e. The molecule has 4 rings (SSSR count). The number of oxazole rings is 1. The molecule has 1 aromatic heterocycles. The number of nitrogens with one attached hydrogen (secondary N) is 1. The third kappa shape index (κ3) is 7.73. The molecule has 0 saturated heterocycles. The van der Waals surface area contributed by atoms with Gasteiger partial charge in [-0.05, 0) is 73.0 Å². The lowest BCUT2D eigenvalue weighted by Crippen LogP contribution is -2.41. The van der Waals surface area contributed by atoms with Gasteiger partial charge in [0.15, 0.2) is 0 Å². The van der Waals surface area contributed by atoms with Crippen molar-refractivity contribution in [3.05, 3.63) is 107 Å². The van der Waals surface area contributed by atoms with E-state index < -0.39 is 23.8 Å². The predicted octanol–water partition coefficient (Wildman–Crippen LogP) is 7.17. The summed E-state index contributed by atoms with van der Waals surface area (Å²) in [6, 6.07) is 16.9.